The first-order valence-corrected chi connectivity index (χ1v) is 6.47. The fourth-order valence-corrected chi connectivity index (χ4v) is 1.94. The lowest BCUT2D eigenvalue weighted by atomic mass is 10.1. The van der Waals surface area contributed by atoms with Crippen molar-refractivity contribution >= 4 is 0 Å². The van der Waals surface area contributed by atoms with Crippen molar-refractivity contribution in [2.75, 3.05) is 6.61 Å². The van der Waals surface area contributed by atoms with Crippen molar-refractivity contribution < 1.29 is 17.9 Å². The van der Waals surface area contributed by atoms with E-state index in [1.807, 2.05) is 32.0 Å². The number of alkyl halides is 3. The van der Waals surface area contributed by atoms with Crippen molar-refractivity contribution in [2.24, 2.45) is 0 Å². The Morgan fingerprint density at radius 3 is 2.38 bits per heavy atom. The van der Waals surface area contributed by atoms with E-state index in [4.69, 9.17) is 4.74 Å². The van der Waals surface area contributed by atoms with Gasteiger partial charge in [-0.2, -0.15) is 13.2 Å². The summed E-state index contributed by atoms with van der Waals surface area (Å²) < 4.78 is 43.0. The third-order valence-corrected chi connectivity index (χ3v) is 3.11. The molecule has 1 atom stereocenters. The van der Waals surface area contributed by atoms with Gasteiger partial charge in [0.1, 0.15) is 11.6 Å². The van der Waals surface area contributed by atoms with Gasteiger partial charge in [0, 0.05) is 5.92 Å². The minimum absolute atomic E-state index is 0.161. The van der Waals surface area contributed by atoms with Gasteiger partial charge in [-0.3, -0.25) is 5.10 Å². The smallest absolute Gasteiger partial charge is 0.453 e. The standard InChI is InChI=1S/C14H16F3N3O/c1-8-5-4-6-9(2)11(8)21-7-10(3)12-18-13(20-19-12)14(15,16)17/h4-6,10H,7H2,1-3H3,(H,18,19,20). The zero-order chi connectivity index (χ0) is 15.6. The summed E-state index contributed by atoms with van der Waals surface area (Å²) in [6.45, 7) is 5.79. The van der Waals surface area contributed by atoms with Crippen LogP contribution in [0.25, 0.3) is 0 Å². The molecule has 0 aliphatic heterocycles. The first kappa shape index (κ1) is 15.3. The Labute approximate surface area is 120 Å². The summed E-state index contributed by atoms with van der Waals surface area (Å²) in [7, 11) is 0. The highest BCUT2D eigenvalue weighted by Crippen LogP contribution is 2.27. The van der Waals surface area contributed by atoms with Crippen LogP contribution in [0.4, 0.5) is 13.2 Å². The lowest BCUT2D eigenvalue weighted by Gasteiger charge is -2.14. The molecule has 0 radical (unpaired) electrons. The van der Waals surface area contributed by atoms with Crippen LogP contribution < -0.4 is 4.74 Å². The molecule has 0 fully saturated rings. The normalized spacial score (nSPS) is 13.2. The van der Waals surface area contributed by atoms with Crippen LogP contribution in [0.15, 0.2) is 18.2 Å². The molecular formula is C14H16F3N3O. The third-order valence-electron chi connectivity index (χ3n) is 3.11. The second kappa shape index (κ2) is 5.75. The molecular weight excluding hydrogens is 283 g/mol. The van der Waals surface area contributed by atoms with Gasteiger partial charge in [0.15, 0.2) is 0 Å². The van der Waals surface area contributed by atoms with E-state index in [9.17, 15) is 13.2 Å². The second-order valence-electron chi connectivity index (χ2n) is 4.98. The minimum atomic E-state index is -4.54. The first-order chi connectivity index (χ1) is 9.79. The minimum Gasteiger partial charge on any atom is -0.492 e. The molecule has 0 saturated heterocycles. The molecule has 1 N–H and O–H groups in total. The van der Waals surface area contributed by atoms with E-state index in [2.05, 4.69) is 15.2 Å². The summed E-state index contributed by atoms with van der Waals surface area (Å²) in [5.74, 6) is -0.572. The number of para-hydroxylation sites is 1. The molecule has 1 aromatic carbocycles. The van der Waals surface area contributed by atoms with E-state index in [1.54, 1.807) is 6.92 Å². The van der Waals surface area contributed by atoms with Crippen molar-refractivity contribution in [1.82, 2.24) is 15.2 Å². The monoisotopic (exact) mass is 299 g/mol. The Morgan fingerprint density at radius 2 is 1.86 bits per heavy atom. The van der Waals surface area contributed by atoms with Gasteiger partial charge >= 0.3 is 6.18 Å². The lowest BCUT2D eigenvalue weighted by Crippen LogP contribution is -2.11. The molecule has 4 nitrogen and oxygen atoms in total. The topological polar surface area (TPSA) is 50.8 Å². The number of aryl methyl sites for hydroxylation is 2. The molecule has 21 heavy (non-hydrogen) atoms. The van der Waals surface area contributed by atoms with Crippen LogP contribution >= 0.6 is 0 Å². The molecule has 0 spiro atoms. The summed E-state index contributed by atoms with van der Waals surface area (Å²) in [5, 5.41) is 5.50. The number of aromatic amines is 1. The zero-order valence-corrected chi connectivity index (χ0v) is 12.0. The number of ether oxygens (including phenoxy) is 1. The summed E-state index contributed by atoms with van der Waals surface area (Å²) in [6.07, 6.45) is -4.54. The van der Waals surface area contributed by atoms with Gasteiger partial charge in [-0.05, 0) is 25.0 Å². The molecule has 0 saturated carbocycles. The lowest BCUT2D eigenvalue weighted by molar-refractivity contribution is -0.144. The second-order valence-corrected chi connectivity index (χ2v) is 4.98. The van der Waals surface area contributed by atoms with Crippen LogP contribution in [0, 0.1) is 13.8 Å². The third kappa shape index (κ3) is 3.53. The van der Waals surface area contributed by atoms with E-state index in [0.717, 1.165) is 16.9 Å². The van der Waals surface area contributed by atoms with Crippen LogP contribution in [0.2, 0.25) is 0 Å². The molecule has 1 aromatic heterocycles. The maximum atomic E-state index is 12.4. The number of rotatable bonds is 4. The van der Waals surface area contributed by atoms with Gasteiger partial charge in [0.25, 0.3) is 5.82 Å². The number of benzene rings is 1. The molecule has 7 heteroatoms. The van der Waals surface area contributed by atoms with E-state index in [-0.39, 0.29) is 18.3 Å². The first-order valence-electron chi connectivity index (χ1n) is 6.47. The summed E-state index contributed by atoms with van der Waals surface area (Å²) >= 11 is 0. The van der Waals surface area contributed by atoms with E-state index < -0.39 is 12.0 Å². The fourth-order valence-electron chi connectivity index (χ4n) is 1.94. The summed E-state index contributed by atoms with van der Waals surface area (Å²) in [4.78, 5) is 3.47. The molecule has 2 rings (SSSR count). The molecule has 0 aliphatic rings. The number of nitrogens with one attached hydrogen (secondary N) is 1. The Kier molecular flexibility index (Phi) is 4.20. The highest BCUT2D eigenvalue weighted by Gasteiger charge is 2.36. The number of hydrogen-bond acceptors (Lipinski definition) is 3. The Morgan fingerprint density at radius 1 is 1.24 bits per heavy atom. The molecule has 2 aromatic rings. The maximum Gasteiger partial charge on any atom is 0.453 e. The van der Waals surface area contributed by atoms with Crippen LogP contribution in [-0.4, -0.2) is 21.8 Å². The van der Waals surface area contributed by atoms with E-state index >= 15 is 0 Å². The number of halogens is 3. The predicted molar refractivity (Wildman–Crippen MR) is 71.2 cm³/mol. The molecule has 0 bridgehead atoms. The maximum absolute atomic E-state index is 12.4. The van der Waals surface area contributed by atoms with Crippen molar-refractivity contribution in [3.63, 3.8) is 0 Å². The number of hydrogen-bond donors (Lipinski definition) is 1. The van der Waals surface area contributed by atoms with Gasteiger partial charge in [0.2, 0.25) is 0 Å². The Bertz CT molecular complexity index is 602. The van der Waals surface area contributed by atoms with E-state index in [1.165, 1.54) is 0 Å². The summed E-state index contributed by atoms with van der Waals surface area (Å²) in [6, 6.07) is 5.76. The van der Waals surface area contributed by atoms with Gasteiger partial charge in [0.05, 0.1) is 6.61 Å². The number of nitrogens with zero attached hydrogens (tertiary/aromatic N) is 2. The fraction of sp³-hybridized carbons (Fsp3) is 0.429. The van der Waals surface area contributed by atoms with Gasteiger partial charge in [-0.1, -0.05) is 25.1 Å². The van der Waals surface area contributed by atoms with Crippen molar-refractivity contribution in [3.05, 3.63) is 41.0 Å². The van der Waals surface area contributed by atoms with Crippen LogP contribution in [0.3, 0.4) is 0 Å². The average molecular weight is 299 g/mol. The van der Waals surface area contributed by atoms with Crippen molar-refractivity contribution in [1.29, 1.82) is 0 Å². The number of aromatic nitrogens is 3. The summed E-state index contributed by atoms with van der Waals surface area (Å²) in [5.41, 5.74) is 1.96. The van der Waals surface area contributed by atoms with Gasteiger partial charge in [-0.15, -0.1) is 5.10 Å². The van der Waals surface area contributed by atoms with E-state index in [0.29, 0.717) is 0 Å². The molecule has 0 aliphatic carbocycles. The van der Waals surface area contributed by atoms with Crippen LogP contribution in [0.1, 0.15) is 35.6 Å². The largest absolute Gasteiger partial charge is 0.492 e. The average Bonchev–Trinajstić information content (AvgIpc) is 2.87. The molecule has 0 amide bonds. The highest BCUT2D eigenvalue weighted by atomic mass is 19.4. The van der Waals surface area contributed by atoms with Crippen LogP contribution in [0.5, 0.6) is 5.75 Å². The molecule has 1 unspecified atom stereocenters. The zero-order valence-electron chi connectivity index (χ0n) is 12.0. The SMILES string of the molecule is Cc1cccc(C)c1OCC(C)c1nc(C(F)(F)F)n[nH]1. The predicted octanol–water partition coefficient (Wildman–Crippen LogP) is 3.62. The quantitative estimate of drug-likeness (QED) is 0.938. The van der Waals surface area contributed by atoms with Crippen molar-refractivity contribution in [2.45, 2.75) is 32.9 Å². The van der Waals surface area contributed by atoms with Crippen molar-refractivity contribution in [3.8, 4) is 5.75 Å². The van der Waals surface area contributed by atoms with Gasteiger partial charge in [-0.25, -0.2) is 4.98 Å². The van der Waals surface area contributed by atoms with Crippen LogP contribution in [-0.2, 0) is 6.18 Å². The van der Waals surface area contributed by atoms with Gasteiger partial charge < -0.3 is 4.74 Å². The Balaban J connectivity index is 2.05. The Hall–Kier alpha value is -2.05. The highest BCUT2D eigenvalue weighted by molar-refractivity contribution is 5.39. The number of H-pyrrole nitrogens is 1. The molecule has 1 heterocycles. The molecule has 114 valence electrons.